The number of amides is 1. The van der Waals surface area contributed by atoms with Crippen molar-refractivity contribution in [3.05, 3.63) is 47.7 Å². The summed E-state index contributed by atoms with van der Waals surface area (Å²) in [6.07, 6.45) is 0.837. The summed E-state index contributed by atoms with van der Waals surface area (Å²) in [6, 6.07) is 7.86. The Bertz CT molecular complexity index is 716. The van der Waals surface area contributed by atoms with Crippen LogP contribution in [-0.2, 0) is 9.59 Å². The number of nitrogens with zero attached hydrogens (tertiary/aromatic N) is 1. The summed E-state index contributed by atoms with van der Waals surface area (Å²) in [6.45, 7) is 1.65. The lowest BCUT2D eigenvalue weighted by Gasteiger charge is -2.02. The fourth-order valence-electron chi connectivity index (χ4n) is 1.64. The van der Waals surface area contributed by atoms with Gasteiger partial charge in [-0.05, 0) is 31.2 Å². The standard InChI is InChI=1S/C15H14N2O5/c1-9-7-14(17-22-9)16-15(20)13(19)8-12(18)10-3-5-11(21-2)6-4-10/h3-8,18H,1-2H3,(H,16,17,20). The van der Waals surface area contributed by atoms with Crippen molar-refractivity contribution >= 4 is 23.3 Å². The van der Waals surface area contributed by atoms with Gasteiger partial charge in [-0.1, -0.05) is 5.16 Å². The SMILES string of the molecule is COc1ccc(C(O)=CC(=O)C(=O)Nc2cc(C)on2)cc1. The van der Waals surface area contributed by atoms with Gasteiger partial charge in [0.2, 0.25) is 5.78 Å². The third kappa shape index (κ3) is 3.72. The summed E-state index contributed by atoms with van der Waals surface area (Å²) in [5.74, 6) is -0.906. The highest BCUT2D eigenvalue weighted by Gasteiger charge is 2.15. The van der Waals surface area contributed by atoms with Crippen LogP contribution >= 0.6 is 0 Å². The van der Waals surface area contributed by atoms with Gasteiger partial charge < -0.3 is 19.7 Å². The topological polar surface area (TPSA) is 102 Å². The Morgan fingerprint density at radius 2 is 2.00 bits per heavy atom. The Morgan fingerprint density at radius 1 is 1.32 bits per heavy atom. The van der Waals surface area contributed by atoms with E-state index in [2.05, 4.69) is 10.5 Å². The van der Waals surface area contributed by atoms with Crippen LogP contribution in [0.15, 0.2) is 40.9 Å². The molecule has 0 bridgehead atoms. The first kappa shape index (κ1) is 15.3. The minimum Gasteiger partial charge on any atom is -0.507 e. The number of anilines is 1. The quantitative estimate of drug-likeness (QED) is 0.498. The summed E-state index contributed by atoms with van der Waals surface area (Å²) in [7, 11) is 1.52. The van der Waals surface area contributed by atoms with Crippen LogP contribution in [0.4, 0.5) is 5.82 Å². The number of aryl methyl sites for hydroxylation is 1. The van der Waals surface area contributed by atoms with E-state index >= 15 is 0 Å². The molecule has 1 heterocycles. The molecule has 0 aliphatic carbocycles. The van der Waals surface area contributed by atoms with Crippen LogP contribution in [0.1, 0.15) is 11.3 Å². The molecule has 0 aliphatic rings. The van der Waals surface area contributed by atoms with Gasteiger partial charge >= 0.3 is 0 Å². The third-order valence-electron chi connectivity index (χ3n) is 2.75. The van der Waals surface area contributed by atoms with Gasteiger partial charge in [0.25, 0.3) is 5.91 Å². The van der Waals surface area contributed by atoms with Gasteiger partial charge in [-0.15, -0.1) is 0 Å². The van der Waals surface area contributed by atoms with Gasteiger partial charge in [-0.3, -0.25) is 9.59 Å². The van der Waals surface area contributed by atoms with Crippen LogP contribution in [0.3, 0.4) is 0 Å². The summed E-state index contributed by atoms with van der Waals surface area (Å²) in [5.41, 5.74) is 0.388. The first-order valence-corrected chi connectivity index (χ1v) is 6.33. The number of aliphatic hydroxyl groups excluding tert-OH is 1. The number of ether oxygens (including phenoxy) is 1. The van der Waals surface area contributed by atoms with Crippen LogP contribution in [0.5, 0.6) is 5.75 Å². The minimum atomic E-state index is -0.923. The highest BCUT2D eigenvalue weighted by molar-refractivity contribution is 6.45. The van der Waals surface area contributed by atoms with Crippen molar-refractivity contribution in [2.75, 3.05) is 12.4 Å². The Kier molecular flexibility index (Phi) is 4.57. The number of aliphatic hydroxyl groups is 1. The lowest BCUT2D eigenvalue weighted by atomic mass is 10.1. The molecule has 0 fully saturated rings. The van der Waals surface area contributed by atoms with E-state index in [4.69, 9.17) is 9.26 Å². The first-order valence-electron chi connectivity index (χ1n) is 6.33. The lowest BCUT2D eigenvalue weighted by molar-refractivity contribution is -0.132. The molecule has 114 valence electrons. The van der Waals surface area contributed by atoms with Crippen molar-refractivity contribution in [2.24, 2.45) is 0 Å². The second-order valence-corrected chi connectivity index (χ2v) is 4.40. The van der Waals surface area contributed by atoms with Crippen LogP contribution in [0, 0.1) is 6.92 Å². The Morgan fingerprint density at radius 3 is 2.55 bits per heavy atom. The van der Waals surface area contributed by atoms with E-state index in [9.17, 15) is 14.7 Å². The predicted molar refractivity (Wildman–Crippen MR) is 78.5 cm³/mol. The molecule has 0 spiro atoms. The van der Waals surface area contributed by atoms with Crippen LogP contribution in [-0.4, -0.2) is 29.1 Å². The van der Waals surface area contributed by atoms with E-state index in [0.717, 1.165) is 6.08 Å². The number of ketones is 1. The Hall–Kier alpha value is -3.09. The van der Waals surface area contributed by atoms with Crippen molar-refractivity contribution in [3.8, 4) is 5.75 Å². The average Bonchev–Trinajstić information content (AvgIpc) is 2.92. The molecule has 0 atom stereocenters. The van der Waals surface area contributed by atoms with Crippen LogP contribution in [0.25, 0.3) is 5.76 Å². The number of hydrogen-bond acceptors (Lipinski definition) is 6. The second-order valence-electron chi connectivity index (χ2n) is 4.40. The monoisotopic (exact) mass is 302 g/mol. The molecule has 7 heteroatoms. The van der Waals surface area contributed by atoms with Gasteiger partial charge in [-0.2, -0.15) is 0 Å². The predicted octanol–water partition coefficient (Wildman–Crippen LogP) is 2.10. The van der Waals surface area contributed by atoms with E-state index in [-0.39, 0.29) is 11.6 Å². The van der Waals surface area contributed by atoms with Gasteiger partial charge in [-0.25, -0.2) is 0 Å². The summed E-state index contributed by atoms with van der Waals surface area (Å²) < 4.78 is 9.75. The molecule has 0 radical (unpaired) electrons. The molecule has 2 rings (SSSR count). The van der Waals surface area contributed by atoms with E-state index in [0.29, 0.717) is 17.1 Å². The second kappa shape index (κ2) is 6.57. The lowest BCUT2D eigenvalue weighted by Crippen LogP contribution is -2.21. The molecule has 1 amide bonds. The number of rotatable bonds is 5. The zero-order valence-electron chi connectivity index (χ0n) is 12.0. The molecule has 0 aliphatic heterocycles. The Balaban J connectivity index is 2.06. The molecule has 0 saturated carbocycles. The molecular weight excluding hydrogens is 288 g/mol. The number of carbonyl (C=O) groups is 2. The number of hydrogen-bond donors (Lipinski definition) is 2. The van der Waals surface area contributed by atoms with Crippen LogP contribution in [0.2, 0.25) is 0 Å². The molecule has 7 nitrogen and oxygen atoms in total. The van der Waals surface area contributed by atoms with Crippen molar-refractivity contribution in [1.82, 2.24) is 5.16 Å². The van der Waals surface area contributed by atoms with Gasteiger partial charge in [0, 0.05) is 17.7 Å². The van der Waals surface area contributed by atoms with Crippen molar-refractivity contribution < 1.29 is 24.0 Å². The molecule has 1 aromatic carbocycles. The number of methoxy groups -OCH3 is 1. The van der Waals surface area contributed by atoms with Crippen molar-refractivity contribution in [3.63, 3.8) is 0 Å². The number of aromatic nitrogens is 1. The number of carbonyl (C=O) groups excluding carboxylic acids is 2. The molecule has 0 unspecified atom stereocenters. The fraction of sp³-hybridized carbons (Fsp3) is 0.133. The summed E-state index contributed by atoms with van der Waals surface area (Å²) >= 11 is 0. The molecule has 22 heavy (non-hydrogen) atoms. The molecule has 2 N–H and O–H groups in total. The van der Waals surface area contributed by atoms with E-state index < -0.39 is 11.7 Å². The molecular formula is C15H14N2O5. The highest BCUT2D eigenvalue weighted by Crippen LogP contribution is 2.16. The molecule has 1 aromatic heterocycles. The maximum Gasteiger partial charge on any atom is 0.297 e. The van der Waals surface area contributed by atoms with Gasteiger partial charge in [0.05, 0.1) is 7.11 Å². The zero-order chi connectivity index (χ0) is 16.1. The summed E-state index contributed by atoms with van der Waals surface area (Å²) in [5, 5.41) is 15.7. The molecule has 2 aromatic rings. The molecule has 0 saturated heterocycles. The Labute approximate surface area is 126 Å². The van der Waals surface area contributed by atoms with E-state index in [1.54, 1.807) is 31.2 Å². The minimum absolute atomic E-state index is 0.133. The average molecular weight is 302 g/mol. The van der Waals surface area contributed by atoms with E-state index in [1.807, 2.05) is 0 Å². The van der Waals surface area contributed by atoms with Crippen molar-refractivity contribution in [1.29, 1.82) is 0 Å². The zero-order valence-corrected chi connectivity index (χ0v) is 12.0. The normalized spacial score (nSPS) is 11.1. The van der Waals surface area contributed by atoms with Gasteiger partial charge in [0.1, 0.15) is 17.3 Å². The van der Waals surface area contributed by atoms with Gasteiger partial charge in [0.15, 0.2) is 5.82 Å². The smallest absolute Gasteiger partial charge is 0.297 e. The summed E-state index contributed by atoms with van der Waals surface area (Å²) in [4.78, 5) is 23.4. The highest BCUT2D eigenvalue weighted by atomic mass is 16.5. The van der Waals surface area contributed by atoms with E-state index in [1.165, 1.54) is 13.2 Å². The number of nitrogens with one attached hydrogen (secondary N) is 1. The van der Waals surface area contributed by atoms with Crippen LogP contribution < -0.4 is 10.1 Å². The first-order chi connectivity index (χ1) is 10.5. The van der Waals surface area contributed by atoms with Crippen molar-refractivity contribution in [2.45, 2.75) is 6.92 Å². The number of benzene rings is 1. The fourth-order valence-corrected chi connectivity index (χ4v) is 1.64. The maximum absolute atomic E-state index is 11.7. The maximum atomic E-state index is 11.7. The largest absolute Gasteiger partial charge is 0.507 e. The third-order valence-corrected chi connectivity index (χ3v) is 2.75.